The molecule has 0 radical (unpaired) electrons. The molecule has 6 heteroatoms. The number of morpholine rings is 1. The first-order valence-electron chi connectivity index (χ1n) is 9.24. The van der Waals surface area contributed by atoms with Gasteiger partial charge in [-0.2, -0.15) is 0 Å². The molecule has 0 spiro atoms. The number of rotatable bonds is 10. The Morgan fingerprint density at radius 1 is 1.16 bits per heavy atom. The molecule has 1 fully saturated rings. The van der Waals surface area contributed by atoms with E-state index in [9.17, 15) is 4.79 Å². The summed E-state index contributed by atoms with van der Waals surface area (Å²) >= 11 is 6.01. The highest BCUT2D eigenvalue weighted by Gasteiger charge is 2.23. The summed E-state index contributed by atoms with van der Waals surface area (Å²) in [6, 6.07) is 8.05. The summed E-state index contributed by atoms with van der Waals surface area (Å²) < 4.78 is 5.46. The molecule has 140 valence electrons. The smallest absolute Gasteiger partial charge is 0.220 e. The Labute approximate surface area is 155 Å². The summed E-state index contributed by atoms with van der Waals surface area (Å²) in [7, 11) is 0. The molecule has 1 amide bonds. The lowest BCUT2D eigenvalue weighted by atomic mass is 10.0. The number of carbonyl (C=O) groups excluding carboxylic acids is 1. The highest BCUT2D eigenvalue weighted by molar-refractivity contribution is 6.30. The zero-order chi connectivity index (χ0) is 17.9. The Morgan fingerprint density at radius 3 is 2.52 bits per heavy atom. The number of carbonyl (C=O) groups is 1. The summed E-state index contributed by atoms with van der Waals surface area (Å²) in [5, 5.41) is 3.83. The molecule has 1 unspecified atom stereocenters. The average molecular weight is 368 g/mol. The molecule has 1 aliphatic rings. The largest absolute Gasteiger partial charge is 0.379 e. The molecule has 1 saturated heterocycles. The van der Waals surface area contributed by atoms with Gasteiger partial charge in [-0.25, -0.2) is 0 Å². The van der Waals surface area contributed by atoms with E-state index in [1.807, 2.05) is 24.3 Å². The lowest BCUT2D eigenvalue weighted by Crippen LogP contribution is -2.43. The van der Waals surface area contributed by atoms with Crippen LogP contribution in [0.3, 0.4) is 0 Å². The fraction of sp³-hybridized carbons (Fsp3) is 0.632. The van der Waals surface area contributed by atoms with E-state index < -0.39 is 0 Å². The van der Waals surface area contributed by atoms with Crippen molar-refractivity contribution in [3.63, 3.8) is 0 Å². The topological polar surface area (TPSA) is 67.6 Å². The van der Waals surface area contributed by atoms with Crippen molar-refractivity contribution in [3.8, 4) is 0 Å². The fourth-order valence-electron chi connectivity index (χ4n) is 3.11. The van der Waals surface area contributed by atoms with Gasteiger partial charge in [0.2, 0.25) is 5.91 Å². The van der Waals surface area contributed by atoms with Gasteiger partial charge in [-0.05, 0) is 37.1 Å². The number of hydrogen-bond donors (Lipinski definition) is 2. The van der Waals surface area contributed by atoms with Crippen molar-refractivity contribution < 1.29 is 9.53 Å². The van der Waals surface area contributed by atoms with E-state index in [-0.39, 0.29) is 11.9 Å². The predicted octanol–water partition coefficient (Wildman–Crippen LogP) is 2.74. The molecule has 1 aliphatic heterocycles. The molecule has 3 N–H and O–H groups in total. The Balaban J connectivity index is 1.85. The van der Waals surface area contributed by atoms with E-state index in [1.54, 1.807) is 0 Å². The summed E-state index contributed by atoms with van der Waals surface area (Å²) in [6.07, 6.45) is 4.72. The molecule has 0 saturated carbocycles. The number of unbranched alkanes of at least 4 members (excludes halogenated alkanes) is 3. The van der Waals surface area contributed by atoms with E-state index in [0.717, 1.165) is 63.6 Å². The van der Waals surface area contributed by atoms with Gasteiger partial charge in [-0.1, -0.05) is 36.6 Å². The zero-order valence-corrected chi connectivity index (χ0v) is 15.6. The SMILES string of the molecule is NCCCCCCC(=O)NCC(c1ccc(Cl)cc1)N1CCOCC1. The third-order valence-electron chi connectivity index (χ3n) is 4.59. The van der Waals surface area contributed by atoms with Crippen LogP contribution in [0.25, 0.3) is 0 Å². The first-order chi connectivity index (χ1) is 12.2. The van der Waals surface area contributed by atoms with Gasteiger partial charge in [0.15, 0.2) is 0 Å². The van der Waals surface area contributed by atoms with Gasteiger partial charge in [0, 0.05) is 31.1 Å². The van der Waals surface area contributed by atoms with E-state index >= 15 is 0 Å². The second kappa shape index (κ2) is 11.5. The van der Waals surface area contributed by atoms with E-state index in [1.165, 1.54) is 5.56 Å². The minimum Gasteiger partial charge on any atom is -0.379 e. The van der Waals surface area contributed by atoms with Gasteiger partial charge in [-0.15, -0.1) is 0 Å². The monoisotopic (exact) mass is 367 g/mol. The van der Waals surface area contributed by atoms with Gasteiger partial charge < -0.3 is 15.8 Å². The second-order valence-electron chi connectivity index (χ2n) is 6.47. The molecular formula is C19H30ClN3O2. The number of ether oxygens (including phenoxy) is 1. The average Bonchev–Trinajstić information content (AvgIpc) is 2.64. The van der Waals surface area contributed by atoms with Crippen LogP contribution in [-0.4, -0.2) is 50.2 Å². The molecule has 25 heavy (non-hydrogen) atoms. The van der Waals surface area contributed by atoms with Crippen LogP contribution >= 0.6 is 11.6 Å². The maximum absolute atomic E-state index is 12.1. The van der Waals surface area contributed by atoms with Crippen LogP contribution in [0.4, 0.5) is 0 Å². The van der Waals surface area contributed by atoms with Crippen LogP contribution in [-0.2, 0) is 9.53 Å². The molecule has 1 aromatic rings. The van der Waals surface area contributed by atoms with Crippen molar-refractivity contribution >= 4 is 17.5 Å². The number of nitrogens with one attached hydrogen (secondary N) is 1. The third kappa shape index (κ3) is 7.32. The number of benzene rings is 1. The lowest BCUT2D eigenvalue weighted by molar-refractivity contribution is -0.121. The second-order valence-corrected chi connectivity index (χ2v) is 6.91. The number of nitrogens with zero attached hydrogens (tertiary/aromatic N) is 1. The molecule has 2 rings (SSSR count). The van der Waals surface area contributed by atoms with Crippen LogP contribution in [0.1, 0.15) is 43.7 Å². The van der Waals surface area contributed by atoms with Gasteiger partial charge in [0.25, 0.3) is 0 Å². The Hall–Kier alpha value is -1.14. The van der Waals surface area contributed by atoms with Crippen LogP contribution in [0.15, 0.2) is 24.3 Å². The maximum Gasteiger partial charge on any atom is 0.220 e. The highest BCUT2D eigenvalue weighted by Crippen LogP contribution is 2.23. The molecule has 0 aliphatic carbocycles. The van der Waals surface area contributed by atoms with Crippen molar-refractivity contribution in [2.24, 2.45) is 5.73 Å². The van der Waals surface area contributed by atoms with Crippen LogP contribution < -0.4 is 11.1 Å². The van der Waals surface area contributed by atoms with Crippen molar-refractivity contribution in [3.05, 3.63) is 34.9 Å². The number of hydrogen-bond acceptors (Lipinski definition) is 4. The van der Waals surface area contributed by atoms with Crippen molar-refractivity contribution in [1.29, 1.82) is 0 Å². The van der Waals surface area contributed by atoms with Crippen molar-refractivity contribution in [2.45, 2.75) is 38.1 Å². The van der Waals surface area contributed by atoms with Crippen LogP contribution in [0, 0.1) is 0 Å². The standard InChI is InChI=1S/C19H30ClN3O2/c20-17-8-6-16(7-9-17)18(23-11-13-25-14-12-23)15-22-19(24)5-3-1-2-4-10-21/h6-9,18H,1-5,10-15,21H2,(H,22,24). The zero-order valence-electron chi connectivity index (χ0n) is 14.9. The normalized spacial score (nSPS) is 16.6. The number of amides is 1. The van der Waals surface area contributed by atoms with Gasteiger partial charge in [0.05, 0.1) is 19.3 Å². The van der Waals surface area contributed by atoms with Gasteiger partial charge >= 0.3 is 0 Å². The Morgan fingerprint density at radius 2 is 1.84 bits per heavy atom. The Kier molecular flexibility index (Phi) is 9.26. The maximum atomic E-state index is 12.1. The molecule has 1 atom stereocenters. The molecule has 0 bridgehead atoms. The lowest BCUT2D eigenvalue weighted by Gasteiger charge is -2.35. The first-order valence-corrected chi connectivity index (χ1v) is 9.62. The minimum atomic E-state index is 0.125. The van der Waals surface area contributed by atoms with E-state index in [0.29, 0.717) is 13.0 Å². The van der Waals surface area contributed by atoms with Crippen LogP contribution in [0.2, 0.25) is 5.02 Å². The molecular weight excluding hydrogens is 338 g/mol. The highest BCUT2D eigenvalue weighted by atomic mass is 35.5. The molecule has 0 aromatic heterocycles. The summed E-state index contributed by atoms with van der Waals surface area (Å²) in [4.78, 5) is 14.5. The number of halogens is 1. The quantitative estimate of drug-likeness (QED) is 0.624. The van der Waals surface area contributed by atoms with Crippen LogP contribution in [0.5, 0.6) is 0 Å². The van der Waals surface area contributed by atoms with Crippen molar-refractivity contribution in [2.75, 3.05) is 39.4 Å². The first kappa shape index (κ1) is 20.2. The fourth-order valence-corrected chi connectivity index (χ4v) is 3.24. The van der Waals surface area contributed by atoms with E-state index in [4.69, 9.17) is 22.1 Å². The molecule has 5 nitrogen and oxygen atoms in total. The summed E-state index contributed by atoms with van der Waals surface area (Å²) in [6.45, 7) is 4.57. The molecule has 1 aromatic carbocycles. The predicted molar refractivity (Wildman–Crippen MR) is 102 cm³/mol. The Bertz CT molecular complexity index is 504. The summed E-state index contributed by atoms with van der Waals surface area (Å²) in [5.74, 6) is 0.125. The van der Waals surface area contributed by atoms with E-state index in [2.05, 4.69) is 10.2 Å². The van der Waals surface area contributed by atoms with Gasteiger partial charge in [-0.3, -0.25) is 9.69 Å². The van der Waals surface area contributed by atoms with Crippen molar-refractivity contribution in [1.82, 2.24) is 10.2 Å². The third-order valence-corrected chi connectivity index (χ3v) is 4.84. The molecule has 1 heterocycles. The minimum absolute atomic E-state index is 0.125. The number of nitrogens with two attached hydrogens (primary N) is 1. The summed E-state index contributed by atoms with van der Waals surface area (Å²) in [5.41, 5.74) is 6.66. The van der Waals surface area contributed by atoms with Gasteiger partial charge in [0.1, 0.15) is 0 Å².